The number of ether oxygens (including phenoxy) is 1. The summed E-state index contributed by atoms with van der Waals surface area (Å²) in [7, 11) is 0. The Morgan fingerprint density at radius 2 is 1.89 bits per heavy atom. The smallest absolute Gasteiger partial charge is 0.410 e. The van der Waals surface area contributed by atoms with Crippen LogP contribution in [0.25, 0.3) is 5.76 Å². The molecule has 1 aliphatic carbocycles. The predicted octanol–water partition coefficient (Wildman–Crippen LogP) is 3.37. The van der Waals surface area contributed by atoms with Crippen molar-refractivity contribution in [1.82, 2.24) is 9.47 Å². The van der Waals surface area contributed by atoms with Crippen LogP contribution in [-0.2, 0) is 11.3 Å². The lowest BCUT2D eigenvalue weighted by atomic mass is 9.88. The van der Waals surface area contributed by atoms with E-state index in [9.17, 15) is 19.8 Å². The maximum Gasteiger partial charge on any atom is 0.410 e. The molecular weight excluding hydrogens is 360 g/mol. The first-order valence-electron chi connectivity index (χ1n) is 9.95. The van der Waals surface area contributed by atoms with Crippen molar-refractivity contribution in [2.24, 2.45) is 0 Å². The number of allylic oxidation sites excluding steroid dienone is 1. The molecule has 3 rings (SSSR count). The molecule has 7 nitrogen and oxygen atoms in total. The second kappa shape index (κ2) is 7.99. The zero-order valence-corrected chi connectivity index (χ0v) is 16.9. The number of hydrogen-bond donors (Lipinski definition) is 2. The average Bonchev–Trinajstić information content (AvgIpc) is 2.58. The zero-order chi connectivity index (χ0) is 20.5. The normalized spacial score (nSPS) is 18.0. The molecule has 2 fully saturated rings. The zero-order valence-electron chi connectivity index (χ0n) is 16.9. The molecule has 7 heteroatoms. The second-order valence-corrected chi connectivity index (χ2v) is 8.58. The molecule has 0 bridgehead atoms. The number of hydrogen-bond acceptors (Lipinski definition) is 5. The highest BCUT2D eigenvalue weighted by Gasteiger charge is 2.29. The molecule has 154 valence electrons. The summed E-state index contributed by atoms with van der Waals surface area (Å²) in [5, 5.41) is 20.2. The lowest BCUT2D eigenvalue weighted by Crippen LogP contribution is -2.43. The van der Waals surface area contributed by atoms with E-state index in [0.717, 1.165) is 24.8 Å². The van der Waals surface area contributed by atoms with Crippen LogP contribution in [0.5, 0.6) is 0 Å². The van der Waals surface area contributed by atoms with Crippen LogP contribution in [0.3, 0.4) is 0 Å². The van der Waals surface area contributed by atoms with Crippen molar-refractivity contribution in [3.8, 4) is 0 Å². The van der Waals surface area contributed by atoms with E-state index in [-0.39, 0.29) is 29.0 Å². The number of rotatable bonds is 3. The fraction of sp³-hybridized carbons (Fsp3) is 0.619. The molecule has 2 N–H and O–H groups in total. The van der Waals surface area contributed by atoms with Crippen LogP contribution in [0.15, 0.2) is 22.6 Å². The number of aliphatic hydroxyl groups excluding tert-OH is 2. The molecule has 0 aromatic carbocycles. The first-order chi connectivity index (χ1) is 13.2. The van der Waals surface area contributed by atoms with Gasteiger partial charge in [-0.1, -0.05) is 0 Å². The van der Waals surface area contributed by atoms with Crippen molar-refractivity contribution in [2.45, 2.75) is 71.1 Å². The van der Waals surface area contributed by atoms with E-state index < -0.39 is 12.2 Å². The Labute approximate surface area is 165 Å². The van der Waals surface area contributed by atoms with Gasteiger partial charge in [0.25, 0.3) is 5.56 Å². The number of carbonyl (C=O) groups is 1. The quantitative estimate of drug-likeness (QED) is 0.772. The van der Waals surface area contributed by atoms with E-state index in [1.807, 2.05) is 20.8 Å². The van der Waals surface area contributed by atoms with Gasteiger partial charge >= 0.3 is 6.09 Å². The fourth-order valence-electron chi connectivity index (χ4n) is 3.69. The van der Waals surface area contributed by atoms with Gasteiger partial charge in [0.05, 0.1) is 12.2 Å². The Kier molecular flexibility index (Phi) is 5.84. The summed E-state index contributed by atoms with van der Waals surface area (Å²) in [4.78, 5) is 26.8. The third kappa shape index (κ3) is 4.24. The van der Waals surface area contributed by atoms with E-state index in [1.165, 1.54) is 0 Å². The molecule has 0 unspecified atom stereocenters. The Balaban J connectivity index is 1.75. The molecule has 1 aliphatic heterocycles. The third-order valence-corrected chi connectivity index (χ3v) is 5.43. The minimum Gasteiger partial charge on any atom is -0.507 e. The minimum absolute atomic E-state index is 0.0518. The Morgan fingerprint density at radius 1 is 1.25 bits per heavy atom. The largest absolute Gasteiger partial charge is 0.507 e. The predicted molar refractivity (Wildman–Crippen MR) is 106 cm³/mol. The monoisotopic (exact) mass is 390 g/mol. The van der Waals surface area contributed by atoms with E-state index in [2.05, 4.69) is 0 Å². The highest BCUT2D eigenvalue weighted by molar-refractivity contribution is 5.68. The number of amides is 1. The summed E-state index contributed by atoms with van der Waals surface area (Å²) in [6.07, 6.45) is 5.35. The van der Waals surface area contributed by atoms with Crippen molar-refractivity contribution in [1.29, 1.82) is 0 Å². The van der Waals surface area contributed by atoms with Crippen molar-refractivity contribution >= 4 is 11.9 Å². The highest BCUT2D eigenvalue weighted by Crippen LogP contribution is 2.33. The lowest BCUT2D eigenvalue weighted by molar-refractivity contribution is 0.0187. The molecule has 2 heterocycles. The van der Waals surface area contributed by atoms with Gasteiger partial charge in [-0.3, -0.25) is 4.79 Å². The van der Waals surface area contributed by atoms with E-state index in [0.29, 0.717) is 31.5 Å². The molecule has 1 saturated carbocycles. The number of pyridine rings is 1. The van der Waals surface area contributed by atoms with Gasteiger partial charge < -0.3 is 24.4 Å². The van der Waals surface area contributed by atoms with Crippen LogP contribution in [0, 0.1) is 0 Å². The summed E-state index contributed by atoms with van der Waals surface area (Å²) in [6.45, 7) is 6.12. The van der Waals surface area contributed by atoms with Gasteiger partial charge in [-0.25, -0.2) is 4.79 Å². The maximum absolute atomic E-state index is 12.9. The van der Waals surface area contributed by atoms with Gasteiger partial charge in [-0.2, -0.15) is 0 Å². The maximum atomic E-state index is 12.9. The van der Waals surface area contributed by atoms with Crippen molar-refractivity contribution in [3.05, 3.63) is 39.3 Å². The molecule has 2 aliphatic rings. The number of aromatic nitrogens is 1. The van der Waals surface area contributed by atoms with Gasteiger partial charge in [0.15, 0.2) is 0 Å². The Morgan fingerprint density at radius 3 is 2.39 bits per heavy atom. The fourth-order valence-corrected chi connectivity index (χ4v) is 3.69. The number of likely N-dealkylation sites (tertiary alicyclic amines) is 1. The molecule has 0 atom stereocenters. The SMILES string of the molecule is CC(C)(C)OC(=O)N1CCC(n2ccc(C(O)=C3CCC3)c(CO)c2=O)CC1. The van der Waals surface area contributed by atoms with E-state index in [4.69, 9.17) is 4.74 Å². The molecular formula is C21H30N2O5. The Hall–Kier alpha value is -2.28. The number of nitrogens with zero attached hydrogens (tertiary/aromatic N) is 2. The molecule has 28 heavy (non-hydrogen) atoms. The molecule has 0 spiro atoms. The summed E-state index contributed by atoms with van der Waals surface area (Å²) in [6, 6.07) is 1.66. The van der Waals surface area contributed by atoms with E-state index >= 15 is 0 Å². The second-order valence-electron chi connectivity index (χ2n) is 8.58. The molecule has 1 aromatic rings. The Bertz CT molecular complexity index is 820. The first-order valence-corrected chi connectivity index (χ1v) is 9.95. The van der Waals surface area contributed by atoms with Crippen molar-refractivity contribution < 1.29 is 19.7 Å². The van der Waals surface area contributed by atoms with Crippen LogP contribution >= 0.6 is 0 Å². The van der Waals surface area contributed by atoms with Gasteiger partial charge in [0.1, 0.15) is 11.4 Å². The van der Waals surface area contributed by atoms with Gasteiger partial charge in [-0.15, -0.1) is 0 Å². The van der Waals surface area contributed by atoms with Gasteiger partial charge in [0.2, 0.25) is 0 Å². The molecule has 1 amide bonds. The number of piperidine rings is 1. The van der Waals surface area contributed by atoms with Gasteiger partial charge in [-0.05, 0) is 64.5 Å². The highest BCUT2D eigenvalue weighted by atomic mass is 16.6. The minimum atomic E-state index is -0.534. The standard InChI is InChI=1S/C21H30N2O5/c1-21(2,3)28-20(27)22-10-7-15(8-11-22)23-12-9-16(17(13-24)19(23)26)18(25)14-5-4-6-14/h9,12,15,24-25H,4-8,10-11,13H2,1-3H3. The summed E-state index contributed by atoms with van der Waals surface area (Å²) in [5.41, 5.74) is 0.798. The van der Waals surface area contributed by atoms with Crippen molar-refractivity contribution in [3.63, 3.8) is 0 Å². The molecule has 1 aromatic heterocycles. The first kappa shape index (κ1) is 20.5. The molecule has 1 saturated heterocycles. The van der Waals surface area contributed by atoms with Crippen LogP contribution in [-0.4, -0.2) is 44.5 Å². The third-order valence-electron chi connectivity index (χ3n) is 5.43. The summed E-state index contributed by atoms with van der Waals surface area (Å²) in [5.74, 6) is 0.138. The van der Waals surface area contributed by atoms with Crippen LogP contribution in [0.2, 0.25) is 0 Å². The summed E-state index contributed by atoms with van der Waals surface area (Å²) < 4.78 is 7.04. The average molecular weight is 390 g/mol. The van der Waals surface area contributed by atoms with Crippen molar-refractivity contribution in [2.75, 3.05) is 13.1 Å². The van der Waals surface area contributed by atoms with Crippen LogP contribution in [0.4, 0.5) is 4.79 Å². The summed E-state index contributed by atoms with van der Waals surface area (Å²) >= 11 is 0. The van der Waals surface area contributed by atoms with Crippen LogP contribution in [0.1, 0.15) is 70.0 Å². The van der Waals surface area contributed by atoms with E-state index in [1.54, 1.807) is 21.7 Å². The van der Waals surface area contributed by atoms with Gasteiger partial charge in [0, 0.05) is 30.9 Å². The number of carbonyl (C=O) groups excluding carboxylic acids is 1. The van der Waals surface area contributed by atoms with Crippen LogP contribution < -0.4 is 5.56 Å². The topological polar surface area (TPSA) is 92.0 Å². The molecule has 0 radical (unpaired) electrons. The lowest BCUT2D eigenvalue weighted by Gasteiger charge is -2.34. The number of aliphatic hydroxyl groups is 2.